The first kappa shape index (κ1) is 26.5. The lowest BCUT2D eigenvalue weighted by Crippen LogP contribution is -2.29. The molecule has 0 aromatic heterocycles. The van der Waals surface area contributed by atoms with E-state index >= 15 is 0 Å². The Morgan fingerprint density at radius 3 is 2.18 bits per heavy atom. The molecule has 196 valence electrons. The van der Waals surface area contributed by atoms with Crippen LogP contribution in [-0.2, 0) is 14.3 Å². The summed E-state index contributed by atoms with van der Waals surface area (Å²) < 4.78 is 11.0. The van der Waals surface area contributed by atoms with Crippen molar-refractivity contribution in [3.05, 3.63) is 95.1 Å². The average Bonchev–Trinajstić information content (AvgIpc) is 3.13. The Hall–Kier alpha value is -4.59. The molecule has 1 amide bonds. The van der Waals surface area contributed by atoms with E-state index in [0.29, 0.717) is 16.9 Å². The lowest BCUT2D eigenvalue weighted by atomic mass is 9.95. The van der Waals surface area contributed by atoms with Gasteiger partial charge in [0.25, 0.3) is 11.7 Å². The number of ketones is 1. The van der Waals surface area contributed by atoms with Gasteiger partial charge in [0.15, 0.2) is 0 Å². The van der Waals surface area contributed by atoms with E-state index < -0.39 is 23.7 Å². The zero-order valence-electron chi connectivity index (χ0n) is 21.5. The van der Waals surface area contributed by atoms with Gasteiger partial charge < -0.3 is 19.7 Å². The highest BCUT2D eigenvalue weighted by atomic mass is 16.5. The van der Waals surface area contributed by atoms with Crippen molar-refractivity contribution < 1.29 is 34.1 Å². The first-order chi connectivity index (χ1) is 18.1. The molecule has 1 aliphatic heterocycles. The molecule has 8 heteroatoms. The standard InChI is InChI=1S/C30H29NO7/c1-17(2)37-24-10-6-7-20(16-24)27(33)25-26(19-11-13-23(32)14-12-19)31(29(35)28(25)34)22-9-5-8-21(15-22)30(36)38-18(3)4/h5-18,26,32-33H,1-4H3/b27-25+. The number of phenolic OH excluding ortho intramolecular Hbond substituents is 1. The van der Waals surface area contributed by atoms with Gasteiger partial charge in [-0.15, -0.1) is 0 Å². The number of nitrogens with zero attached hydrogens (tertiary/aromatic N) is 1. The van der Waals surface area contributed by atoms with Gasteiger partial charge in [0.2, 0.25) is 0 Å². The van der Waals surface area contributed by atoms with Crippen molar-refractivity contribution >= 4 is 29.1 Å². The smallest absolute Gasteiger partial charge is 0.338 e. The molecule has 1 atom stereocenters. The highest BCUT2D eigenvalue weighted by molar-refractivity contribution is 6.51. The lowest BCUT2D eigenvalue weighted by molar-refractivity contribution is -0.132. The van der Waals surface area contributed by atoms with Gasteiger partial charge >= 0.3 is 5.97 Å². The van der Waals surface area contributed by atoms with Gasteiger partial charge in [0.1, 0.15) is 17.3 Å². The summed E-state index contributed by atoms with van der Waals surface area (Å²) in [6.45, 7) is 7.19. The molecular formula is C30H29NO7. The number of rotatable bonds is 7. The van der Waals surface area contributed by atoms with E-state index in [2.05, 4.69) is 0 Å². The van der Waals surface area contributed by atoms with Crippen molar-refractivity contribution in [2.45, 2.75) is 45.9 Å². The maximum Gasteiger partial charge on any atom is 0.338 e. The van der Waals surface area contributed by atoms with Gasteiger partial charge in [-0.3, -0.25) is 14.5 Å². The monoisotopic (exact) mass is 515 g/mol. The predicted molar refractivity (Wildman–Crippen MR) is 142 cm³/mol. The van der Waals surface area contributed by atoms with Crippen LogP contribution in [0.4, 0.5) is 5.69 Å². The fourth-order valence-electron chi connectivity index (χ4n) is 4.28. The number of carbonyl (C=O) groups excluding carboxylic acids is 3. The summed E-state index contributed by atoms with van der Waals surface area (Å²) in [7, 11) is 0. The van der Waals surface area contributed by atoms with Crippen LogP contribution in [0.1, 0.15) is 55.2 Å². The predicted octanol–water partition coefficient (Wildman–Crippen LogP) is 5.37. The van der Waals surface area contributed by atoms with Gasteiger partial charge in [0.05, 0.1) is 29.4 Å². The molecule has 1 aliphatic rings. The van der Waals surface area contributed by atoms with Crippen LogP contribution in [0.2, 0.25) is 0 Å². The van der Waals surface area contributed by atoms with Crippen LogP contribution in [0.15, 0.2) is 78.4 Å². The van der Waals surface area contributed by atoms with E-state index in [-0.39, 0.29) is 40.5 Å². The fourth-order valence-corrected chi connectivity index (χ4v) is 4.28. The number of hydrogen-bond acceptors (Lipinski definition) is 7. The number of phenols is 1. The Morgan fingerprint density at radius 2 is 1.53 bits per heavy atom. The Bertz CT molecular complexity index is 1410. The molecule has 1 heterocycles. The molecule has 1 saturated heterocycles. The number of hydrogen-bond donors (Lipinski definition) is 2. The zero-order valence-corrected chi connectivity index (χ0v) is 21.5. The molecule has 3 aromatic rings. The van der Waals surface area contributed by atoms with Gasteiger partial charge in [0, 0.05) is 11.3 Å². The number of aromatic hydroxyl groups is 1. The number of esters is 1. The third kappa shape index (κ3) is 5.39. The Kier molecular flexibility index (Phi) is 7.52. The number of aliphatic hydroxyl groups is 1. The summed E-state index contributed by atoms with van der Waals surface area (Å²) in [5, 5.41) is 21.2. The minimum absolute atomic E-state index is 0.00247. The zero-order chi connectivity index (χ0) is 27.6. The molecule has 38 heavy (non-hydrogen) atoms. The summed E-state index contributed by atoms with van der Waals surface area (Å²) in [5.74, 6) is -2.19. The van der Waals surface area contributed by atoms with E-state index in [1.165, 1.54) is 23.1 Å². The van der Waals surface area contributed by atoms with Crippen LogP contribution in [0.3, 0.4) is 0 Å². The Balaban J connectivity index is 1.87. The highest BCUT2D eigenvalue weighted by Gasteiger charge is 2.47. The molecular weight excluding hydrogens is 486 g/mol. The van der Waals surface area contributed by atoms with E-state index in [0.717, 1.165) is 0 Å². The maximum absolute atomic E-state index is 13.4. The van der Waals surface area contributed by atoms with Crippen LogP contribution >= 0.6 is 0 Å². The molecule has 2 N–H and O–H groups in total. The number of carbonyl (C=O) groups is 3. The van der Waals surface area contributed by atoms with E-state index in [1.54, 1.807) is 68.4 Å². The number of aliphatic hydroxyl groups excluding tert-OH is 1. The van der Waals surface area contributed by atoms with Gasteiger partial charge in [-0.2, -0.15) is 0 Å². The van der Waals surface area contributed by atoms with Crippen LogP contribution in [0.25, 0.3) is 5.76 Å². The topological polar surface area (TPSA) is 113 Å². The molecule has 3 aromatic carbocycles. The largest absolute Gasteiger partial charge is 0.508 e. The molecule has 1 fully saturated rings. The molecule has 0 radical (unpaired) electrons. The SMILES string of the molecule is CC(C)OC(=O)c1cccc(N2C(=O)C(=O)/C(=C(/O)c3cccc(OC(C)C)c3)C2c2ccc(O)cc2)c1. The number of benzene rings is 3. The van der Waals surface area contributed by atoms with Crippen LogP contribution in [-0.4, -0.2) is 40.1 Å². The first-order valence-corrected chi connectivity index (χ1v) is 12.2. The van der Waals surface area contributed by atoms with Crippen molar-refractivity contribution in [2.75, 3.05) is 4.90 Å². The second kappa shape index (κ2) is 10.8. The Morgan fingerprint density at radius 1 is 0.868 bits per heavy atom. The normalized spacial score (nSPS) is 16.8. The molecule has 0 spiro atoms. The summed E-state index contributed by atoms with van der Waals surface area (Å²) in [6.07, 6.45) is -0.447. The van der Waals surface area contributed by atoms with Gasteiger partial charge in [-0.1, -0.05) is 30.3 Å². The average molecular weight is 516 g/mol. The summed E-state index contributed by atoms with van der Waals surface area (Å²) in [5.41, 5.74) is 1.14. The fraction of sp³-hybridized carbons (Fsp3) is 0.233. The number of ether oxygens (including phenoxy) is 2. The molecule has 0 saturated carbocycles. The molecule has 0 bridgehead atoms. The van der Waals surface area contributed by atoms with E-state index in [1.807, 2.05) is 13.8 Å². The first-order valence-electron chi connectivity index (χ1n) is 12.2. The minimum atomic E-state index is -1.03. The third-order valence-electron chi connectivity index (χ3n) is 5.84. The molecule has 1 unspecified atom stereocenters. The number of amides is 1. The second-order valence-corrected chi connectivity index (χ2v) is 9.46. The summed E-state index contributed by atoms with van der Waals surface area (Å²) >= 11 is 0. The minimum Gasteiger partial charge on any atom is -0.508 e. The third-order valence-corrected chi connectivity index (χ3v) is 5.84. The summed E-state index contributed by atoms with van der Waals surface area (Å²) in [6, 6.07) is 17.8. The van der Waals surface area contributed by atoms with Crippen molar-refractivity contribution in [1.82, 2.24) is 0 Å². The van der Waals surface area contributed by atoms with Crippen molar-refractivity contribution in [1.29, 1.82) is 0 Å². The lowest BCUT2D eigenvalue weighted by Gasteiger charge is -2.26. The quantitative estimate of drug-likeness (QED) is 0.188. The van der Waals surface area contributed by atoms with Crippen LogP contribution in [0.5, 0.6) is 11.5 Å². The second-order valence-electron chi connectivity index (χ2n) is 9.46. The van der Waals surface area contributed by atoms with Crippen LogP contribution < -0.4 is 9.64 Å². The highest BCUT2D eigenvalue weighted by Crippen LogP contribution is 2.43. The van der Waals surface area contributed by atoms with Gasteiger partial charge in [-0.25, -0.2) is 4.79 Å². The number of Topliss-reactive ketones (excluding diaryl/α,β-unsaturated/α-hetero) is 1. The van der Waals surface area contributed by atoms with Crippen molar-refractivity contribution in [2.24, 2.45) is 0 Å². The summed E-state index contributed by atoms with van der Waals surface area (Å²) in [4.78, 5) is 40.6. The maximum atomic E-state index is 13.4. The molecule has 8 nitrogen and oxygen atoms in total. The Labute approximate surface area is 220 Å². The van der Waals surface area contributed by atoms with E-state index in [4.69, 9.17) is 9.47 Å². The number of anilines is 1. The van der Waals surface area contributed by atoms with Gasteiger partial charge in [-0.05, 0) is 75.7 Å². The molecule has 4 rings (SSSR count). The van der Waals surface area contributed by atoms with Crippen molar-refractivity contribution in [3.63, 3.8) is 0 Å². The molecule has 0 aliphatic carbocycles. The van der Waals surface area contributed by atoms with E-state index in [9.17, 15) is 24.6 Å². The van der Waals surface area contributed by atoms with Crippen molar-refractivity contribution in [3.8, 4) is 11.5 Å². The van der Waals surface area contributed by atoms with Crippen LogP contribution in [0, 0.1) is 0 Å².